The lowest BCUT2D eigenvalue weighted by molar-refractivity contribution is 0.102. The molecule has 0 radical (unpaired) electrons. The molecule has 0 aliphatic rings. The van der Waals surface area contributed by atoms with E-state index in [0.717, 1.165) is 23.1 Å². The number of nitrogens with zero attached hydrogens (tertiary/aromatic N) is 1. The predicted octanol–water partition coefficient (Wildman–Crippen LogP) is 6.40. The van der Waals surface area contributed by atoms with E-state index in [2.05, 4.69) is 36.3 Å². The topological polar surface area (TPSA) is 55.1 Å². The van der Waals surface area contributed by atoms with Gasteiger partial charge < -0.3 is 9.73 Å². The van der Waals surface area contributed by atoms with E-state index in [4.69, 9.17) is 4.42 Å². The summed E-state index contributed by atoms with van der Waals surface area (Å²) in [5.74, 6) is 0.276. The third-order valence-corrected chi connectivity index (χ3v) is 5.07. The molecule has 0 saturated heterocycles. The van der Waals surface area contributed by atoms with Crippen molar-refractivity contribution in [2.24, 2.45) is 0 Å². The van der Waals surface area contributed by atoms with Crippen molar-refractivity contribution >= 4 is 22.7 Å². The van der Waals surface area contributed by atoms with Crippen molar-refractivity contribution in [3.8, 4) is 11.5 Å². The van der Waals surface area contributed by atoms with Gasteiger partial charge in [0.1, 0.15) is 11.3 Å². The SMILES string of the molecule is CC[C@H](C)c1ccc2oc(-c3cccc(NC(=O)c4ccc(F)cc4)c3)nc2c1. The maximum absolute atomic E-state index is 13.0. The molecule has 0 aliphatic carbocycles. The first-order valence-corrected chi connectivity index (χ1v) is 9.61. The number of fused-ring (bicyclic) bond motifs is 1. The quantitative estimate of drug-likeness (QED) is 0.430. The molecule has 29 heavy (non-hydrogen) atoms. The number of hydrogen-bond acceptors (Lipinski definition) is 3. The molecular formula is C24H21FN2O2. The molecule has 1 heterocycles. The second-order valence-electron chi connectivity index (χ2n) is 7.10. The average Bonchev–Trinajstić information content (AvgIpc) is 3.17. The van der Waals surface area contributed by atoms with Crippen LogP contribution in [0.25, 0.3) is 22.6 Å². The molecule has 0 saturated carbocycles. The summed E-state index contributed by atoms with van der Waals surface area (Å²) in [6, 6.07) is 18.8. The van der Waals surface area contributed by atoms with Gasteiger partial charge >= 0.3 is 0 Å². The van der Waals surface area contributed by atoms with Crippen molar-refractivity contribution in [3.63, 3.8) is 0 Å². The third kappa shape index (κ3) is 4.04. The summed E-state index contributed by atoms with van der Waals surface area (Å²) < 4.78 is 19.0. The van der Waals surface area contributed by atoms with Crippen LogP contribution in [-0.2, 0) is 0 Å². The van der Waals surface area contributed by atoms with Crippen LogP contribution >= 0.6 is 0 Å². The molecule has 1 atom stereocenters. The normalized spacial score (nSPS) is 12.1. The maximum atomic E-state index is 13.0. The summed E-state index contributed by atoms with van der Waals surface area (Å²) in [4.78, 5) is 17.0. The van der Waals surface area contributed by atoms with Crippen LogP contribution in [-0.4, -0.2) is 10.9 Å². The second-order valence-corrected chi connectivity index (χ2v) is 7.10. The Morgan fingerprint density at radius 3 is 2.66 bits per heavy atom. The molecule has 3 aromatic carbocycles. The zero-order valence-corrected chi connectivity index (χ0v) is 16.3. The minimum absolute atomic E-state index is 0.307. The minimum atomic E-state index is -0.379. The van der Waals surface area contributed by atoms with Crippen LogP contribution in [0.3, 0.4) is 0 Å². The number of rotatable bonds is 5. The minimum Gasteiger partial charge on any atom is -0.436 e. The molecular weight excluding hydrogens is 367 g/mol. The van der Waals surface area contributed by atoms with Gasteiger partial charge in [0.05, 0.1) is 0 Å². The number of anilines is 1. The fourth-order valence-corrected chi connectivity index (χ4v) is 3.14. The monoisotopic (exact) mass is 388 g/mol. The average molecular weight is 388 g/mol. The van der Waals surface area contributed by atoms with Gasteiger partial charge in [0.25, 0.3) is 5.91 Å². The fraction of sp³-hybridized carbons (Fsp3) is 0.167. The van der Waals surface area contributed by atoms with Gasteiger partial charge in [-0.3, -0.25) is 4.79 Å². The van der Waals surface area contributed by atoms with Crippen LogP contribution in [0.5, 0.6) is 0 Å². The van der Waals surface area contributed by atoms with E-state index in [0.29, 0.717) is 23.1 Å². The highest BCUT2D eigenvalue weighted by molar-refractivity contribution is 6.04. The van der Waals surface area contributed by atoms with Crippen molar-refractivity contribution in [3.05, 3.63) is 83.7 Å². The number of carbonyl (C=O) groups is 1. The summed E-state index contributed by atoms with van der Waals surface area (Å²) in [5, 5.41) is 2.82. The number of carbonyl (C=O) groups excluding carboxylic acids is 1. The first-order chi connectivity index (χ1) is 14.0. The third-order valence-electron chi connectivity index (χ3n) is 5.07. The van der Waals surface area contributed by atoms with Gasteiger partial charge in [0.15, 0.2) is 5.58 Å². The van der Waals surface area contributed by atoms with Crippen molar-refractivity contribution < 1.29 is 13.6 Å². The highest BCUT2D eigenvalue weighted by Crippen LogP contribution is 2.29. The van der Waals surface area contributed by atoms with E-state index in [1.54, 1.807) is 6.07 Å². The van der Waals surface area contributed by atoms with E-state index in [9.17, 15) is 9.18 Å². The standard InChI is InChI=1S/C24H21FN2O2/c1-3-15(2)17-9-12-22-21(14-17)27-24(29-22)18-5-4-6-20(13-18)26-23(28)16-7-10-19(25)11-8-16/h4-15H,3H2,1-2H3,(H,26,28)/t15-/m0/s1. The molecule has 0 spiro atoms. The van der Waals surface area contributed by atoms with Gasteiger partial charge in [-0.05, 0) is 72.5 Å². The molecule has 0 aliphatic heterocycles. The Balaban J connectivity index is 1.59. The highest BCUT2D eigenvalue weighted by Gasteiger charge is 2.12. The van der Waals surface area contributed by atoms with E-state index < -0.39 is 0 Å². The number of oxazole rings is 1. The van der Waals surface area contributed by atoms with Gasteiger partial charge in [0.2, 0.25) is 5.89 Å². The number of nitrogens with one attached hydrogen (secondary N) is 1. The summed E-state index contributed by atoms with van der Waals surface area (Å²) in [5.41, 5.74) is 4.55. The molecule has 0 bridgehead atoms. The van der Waals surface area contributed by atoms with Crippen molar-refractivity contribution in [2.75, 3.05) is 5.32 Å². The first kappa shape index (κ1) is 18.9. The second kappa shape index (κ2) is 7.87. The molecule has 4 rings (SSSR count). The smallest absolute Gasteiger partial charge is 0.255 e. The Morgan fingerprint density at radius 1 is 1.10 bits per heavy atom. The number of aromatic nitrogens is 1. The summed E-state index contributed by atoms with van der Waals surface area (Å²) in [6.07, 6.45) is 1.06. The number of amides is 1. The molecule has 0 fully saturated rings. The van der Waals surface area contributed by atoms with Crippen LogP contribution in [0.1, 0.15) is 42.1 Å². The predicted molar refractivity (Wildman–Crippen MR) is 113 cm³/mol. The Morgan fingerprint density at radius 2 is 1.90 bits per heavy atom. The fourth-order valence-electron chi connectivity index (χ4n) is 3.14. The largest absolute Gasteiger partial charge is 0.436 e. The lowest BCUT2D eigenvalue weighted by Gasteiger charge is -2.07. The van der Waals surface area contributed by atoms with Crippen LogP contribution in [0.4, 0.5) is 10.1 Å². The molecule has 1 aromatic heterocycles. The molecule has 1 N–H and O–H groups in total. The molecule has 4 aromatic rings. The summed E-state index contributed by atoms with van der Waals surface area (Å²) in [6.45, 7) is 4.35. The van der Waals surface area contributed by atoms with Gasteiger partial charge in [-0.1, -0.05) is 26.0 Å². The Bertz CT molecular complexity index is 1170. The number of hydrogen-bond donors (Lipinski definition) is 1. The molecule has 146 valence electrons. The van der Waals surface area contributed by atoms with Crippen LogP contribution in [0.2, 0.25) is 0 Å². The van der Waals surface area contributed by atoms with Gasteiger partial charge in [-0.25, -0.2) is 9.37 Å². The van der Waals surface area contributed by atoms with Crippen LogP contribution in [0.15, 0.2) is 71.1 Å². The van der Waals surface area contributed by atoms with E-state index in [1.165, 1.54) is 29.8 Å². The summed E-state index contributed by atoms with van der Waals surface area (Å²) in [7, 11) is 0. The van der Waals surface area contributed by atoms with Crippen molar-refractivity contribution in [1.29, 1.82) is 0 Å². The van der Waals surface area contributed by atoms with Gasteiger partial charge in [-0.15, -0.1) is 0 Å². The zero-order chi connectivity index (χ0) is 20.4. The molecule has 1 amide bonds. The lowest BCUT2D eigenvalue weighted by Crippen LogP contribution is -2.11. The Hall–Kier alpha value is -3.47. The van der Waals surface area contributed by atoms with Gasteiger partial charge in [-0.2, -0.15) is 0 Å². The van der Waals surface area contributed by atoms with Crippen molar-refractivity contribution in [1.82, 2.24) is 4.98 Å². The zero-order valence-electron chi connectivity index (χ0n) is 16.3. The first-order valence-electron chi connectivity index (χ1n) is 9.61. The highest BCUT2D eigenvalue weighted by atomic mass is 19.1. The Labute approximate surface area is 168 Å². The van der Waals surface area contributed by atoms with Crippen molar-refractivity contribution in [2.45, 2.75) is 26.2 Å². The molecule has 5 heteroatoms. The molecule has 0 unspecified atom stereocenters. The summed E-state index contributed by atoms with van der Waals surface area (Å²) >= 11 is 0. The van der Waals surface area contributed by atoms with E-state index in [1.807, 2.05) is 24.3 Å². The van der Waals surface area contributed by atoms with E-state index in [-0.39, 0.29) is 11.7 Å². The van der Waals surface area contributed by atoms with Gasteiger partial charge in [0, 0.05) is 16.8 Å². The number of halogens is 1. The molecule has 4 nitrogen and oxygen atoms in total. The maximum Gasteiger partial charge on any atom is 0.255 e. The van der Waals surface area contributed by atoms with Crippen LogP contribution < -0.4 is 5.32 Å². The Kier molecular flexibility index (Phi) is 5.12. The van der Waals surface area contributed by atoms with E-state index >= 15 is 0 Å². The lowest BCUT2D eigenvalue weighted by atomic mass is 9.98. The van der Waals surface area contributed by atoms with Crippen LogP contribution in [0, 0.1) is 5.82 Å². The number of benzene rings is 3.